The number of carbonyl (C=O) groups excluding carboxylic acids is 1. The normalized spacial score (nSPS) is 24.5. The van der Waals surface area contributed by atoms with Crippen molar-refractivity contribution in [3.8, 4) is 5.75 Å². The van der Waals surface area contributed by atoms with E-state index in [1.54, 1.807) is 0 Å². The summed E-state index contributed by atoms with van der Waals surface area (Å²) in [6.45, 7) is 0. The van der Waals surface area contributed by atoms with E-state index >= 15 is 0 Å². The van der Waals surface area contributed by atoms with Gasteiger partial charge in [0.15, 0.2) is 0 Å². The average molecular weight is 468 g/mol. The fourth-order valence-corrected chi connectivity index (χ4v) is 5.04. The number of nitrogens with zero attached hydrogens (tertiary/aromatic N) is 1. The quantitative estimate of drug-likeness (QED) is 0.414. The van der Waals surface area contributed by atoms with Crippen molar-refractivity contribution >= 4 is 17.3 Å². The predicted molar refractivity (Wildman–Crippen MR) is 118 cm³/mol. The molecule has 3 aliphatic carbocycles. The lowest BCUT2D eigenvalue weighted by Crippen LogP contribution is -2.28. The summed E-state index contributed by atoms with van der Waals surface area (Å²) in [5.41, 5.74) is -1.60. The number of alkyl halides is 3. The van der Waals surface area contributed by atoms with E-state index in [1.165, 1.54) is 24.3 Å². The van der Waals surface area contributed by atoms with Crippen molar-refractivity contribution in [3.05, 3.63) is 99.8 Å². The summed E-state index contributed by atoms with van der Waals surface area (Å²) in [4.78, 5) is 22.6. The Bertz CT molecular complexity index is 1260. The second kappa shape index (κ2) is 7.86. The van der Waals surface area contributed by atoms with Crippen LogP contribution in [0.1, 0.15) is 28.8 Å². The number of hydrogen-bond donors (Lipinski definition) is 1. The van der Waals surface area contributed by atoms with E-state index in [9.17, 15) is 28.1 Å². The first-order chi connectivity index (χ1) is 16.2. The lowest BCUT2D eigenvalue weighted by Gasteiger charge is -2.34. The maximum absolute atomic E-state index is 13.9. The summed E-state index contributed by atoms with van der Waals surface area (Å²) in [6, 6.07) is 8.15. The molecule has 3 aliphatic rings. The highest BCUT2D eigenvalue weighted by Gasteiger charge is 2.53. The van der Waals surface area contributed by atoms with Crippen molar-refractivity contribution < 1.29 is 27.6 Å². The molecule has 1 fully saturated rings. The number of carbonyl (C=O) groups is 1. The zero-order valence-corrected chi connectivity index (χ0v) is 17.7. The Kier molecular flexibility index (Phi) is 5.07. The van der Waals surface area contributed by atoms with Crippen LogP contribution in [0.25, 0.3) is 0 Å². The standard InChI is InChI=1S/C25H19F3N2O4/c26-25(27,28)20-13-18(29-23(31)16-4-7-19(8-5-16)30(32)33)6-9-21(20)34-22-12-15-11-17-3-1-2-10-24(17,22)14-15/h1-10,12-13,15,17H,11,14H2,(H,29,31). The molecule has 1 N–H and O–H groups in total. The molecule has 2 aromatic rings. The molecule has 1 amide bonds. The van der Waals surface area contributed by atoms with Crippen LogP contribution in [0.5, 0.6) is 5.75 Å². The number of fused-ring (bicyclic) bond motifs is 1. The van der Waals surface area contributed by atoms with E-state index in [0.717, 1.165) is 31.0 Å². The third-order valence-corrected chi connectivity index (χ3v) is 6.62. The molecule has 3 unspecified atom stereocenters. The van der Waals surface area contributed by atoms with Gasteiger partial charge in [0.05, 0.1) is 10.3 Å². The van der Waals surface area contributed by atoms with Crippen molar-refractivity contribution in [2.24, 2.45) is 17.3 Å². The molecule has 1 spiro atoms. The van der Waals surface area contributed by atoms with Crippen LogP contribution in [0, 0.1) is 27.4 Å². The van der Waals surface area contributed by atoms with Crippen LogP contribution < -0.4 is 10.1 Å². The second-order valence-corrected chi connectivity index (χ2v) is 8.69. The fourth-order valence-electron chi connectivity index (χ4n) is 5.04. The van der Waals surface area contributed by atoms with Gasteiger partial charge in [0, 0.05) is 23.4 Å². The number of rotatable bonds is 5. The summed E-state index contributed by atoms with van der Waals surface area (Å²) < 4.78 is 47.6. The number of anilines is 1. The molecule has 0 aliphatic heterocycles. The van der Waals surface area contributed by atoms with Gasteiger partial charge in [-0.1, -0.05) is 24.3 Å². The topological polar surface area (TPSA) is 81.5 Å². The van der Waals surface area contributed by atoms with E-state index in [0.29, 0.717) is 5.76 Å². The van der Waals surface area contributed by atoms with E-state index in [4.69, 9.17) is 4.74 Å². The van der Waals surface area contributed by atoms with E-state index in [-0.39, 0.29) is 34.5 Å². The van der Waals surface area contributed by atoms with Crippen LogP contribution >= 0.6 is 0 Å². The van der Waals surface area contributed by atoms with Gasteiger partial charge in [-0.2, -0.15) is 13.2 Å². The zero-order chi connectivity index (χ0) is 24.1. The summed E-state index contributed by atoms with van der Waals surface area (Å²) in [6.07, 6.45) is 6.94. The van der Waals surface area contributed by atoms with Crippen LogP contribution in [0.3, 0.4) is 0 Å². The highest BCUT2D eigenvalue weighted by molar-refractivity contribution is 6.04. The lowest BCUT2D eigenvalue weighted by molar-refractivity contribution is -0.384. The number of non-ortho nitro benzene ring substituents is 1. The van der Waals surface area contributed by atoms with Gasteiger partial charge in [-0.15, -0.1) is 0 Å². The van der Waals surface area contributed by atoms with Gasteiger partial charge in [-0.25, -0.2) is 0 Å². The van der Waals surface area contributed by atoms with Crippen molar-refractivity contribution in [2.45, 2.75) is 19.0 Å². The minimum atomic E-state index is -4.71. The van der Waals surface area contributed by atoms with Gasteiger partial charge in [-0.3, -0.25) is 14.9 Å². The Hall–Kier alpha value is -3.88. The lowest BCUT2D eigenvalue weighted by atomic mass is 9.74. The molecule has 1 saturated carbocycles. The second-order valence-electron chi connectivity index (χ2n) is 8.69. The molecule has 5 rings (SSSR count). The van der Waals surface area contributed by atoms with Gasteiger partial charge in [0.25, 0.3) is 11.6 Å². The largest absolute Gasteiger partial charge is 0.460 e. The van der Waals surface area contributed by atoms with Crippen molar-refractivity contribution in [2.75, 3.05) is 5.32 Å². The number of halogens is 3. The number of ether oxygens (including phenoxy) is 1. The maximum Gasteiger partial charge on any atom is 0.420 e. The molecule has 2 bridgehead atoms. The highest BCUT2D eigenvalue weighted by Crippen LogP contribution is 2.60. The molecule has 0 heterocycles. The zero-order valence-electron chi connectivity index (χ0n) is 17.7. The van der Waals surface area contributed by atoms with E-state index in [2.05, 4.69) is 11.4 Å². The molecule has 0 aromatic heterocycles. The minimum Gasteiger partial charge on any atom is -0.460 e. The van der Waals surface area contributed by atoms with E-state index < -0.39 is 28.0 Å². The molecule has 34 heavy (non-hydrogen) atoms. The summed E-state index contributed by atoms with van der Waals surface area (Å²) >= 11 is 0. The first kappa shape index (κ1) is 21.9. The van der Waals surface area contributed by atoms with Gasteiger partial charge in [-0.05, 0) is 61.1 Å². The van der Waals surface area contributed by atoms with Crippen LogP contribution in [-0.2, 0) is 6.18 Å². The molecule has 0 radical (unpaired) electrons. The first-order valence-corrected chi connectivity index (χ1v) is 10.7. The molecule has 174 valence electrons. The SMILES string of the molecule is O=C(Nc1ccc(OC2=CC3CC4C=CC=CC24C3)c(C(F)(F)F)c1)c1ccc([N+](=O)[O-])cc1. The van der Waals surface area contributed by atoms with Gasteiger partial charge in [0.2, 0.25) is 0 Å². The molecule has 0 saturated heterocycles. The van der Waals surface area contributed by atoms with Crippen LogP contribution in [0.2, 0.25) is 0 Å². The number of amides is 1. The third-order valence-electron chi connectivity index (χ3n) is 6.62. The molecular weight excluding hydrogens is 449 g/mol. The molecule has 3 atom stereocenters. The Morgan fingerprint density at radius 1 is 1.15 bits per heavy atom. The monoisotopic (exact) mass is 468 g/mol. The van der Waals surface area contributed by atoms with Gasteiger partial charge >= 0.3 is 6.18 Å². The van der Waals surface area contributed by atoms with Crippen molar-refractivity contribution in [1.29, 1.82) is 0 Å². The number of allylic oxidation sites excluding steroid dienone is 5. The minimum absolute atomic E-state index is 0.0681. The molecule has 9 heteroatoms. The van der Waals surface area contributed by atoms with Gasteiger partial charge in [0.1, 0.15) is 17.1 Å². The Morgan fingerprint density at radius 2 is 1.91 bits per heavy atom. The summed E-state index contributed by atoms with van der Waals surface area (Å²) in [7, 11) is 0. The van der Waals surface area contributed by atoms with Crippen LogP contribution in [0.4, 0.5) is 24.5 Å². The number of nitro benzene ring substituents is 1. The number of hydrogen-bond acceptors (Lipinski definition) is 4. The van der Waals surface area contributed by atoms with Crippen LogP contribution in [0.15, 0.2) is 78.6 Å². The molecule has 6 nitrogen and oxygen atoms in total. The first-order valence-electron chi connectivity index (χ1n) is 10.7. The third kappa shape index (κ3) is 3.76. The maximum atomic E-state index is 13.9. The molecule has 2 aromatic carbocycles. The fraction of sp³-hybridized carbons (Fsp3) is 0.240. The predicted octanol–water partition coefficient (Wildman–Crippen LogP) is 6.28. The smallest absolute Gasteiger partial charge is 0.420 e. The highest BCUT2D eigenvalue weighted by atomic mass is 19.4. The van der Waals surface area contributed by atoms with Crippen molar-refractivity contribution in [3.63, 3.8) is 0 Å². The van der Waals surface area contributed by atoms with Gasteiger partial charge < -0.3 is 10.1 Å². The summed E-state index contributed by atoms with van der Waals surface area (Å²) in [5.74, 6) is -0.00863. The summed E-state index contributed by atoms with van der Waals surface area (Å²) in [5, 5.41) is 13.2. The van der Waals surface area contributed by atoms with Crippen molar-refractivity contribution in [1.82, 2.24) is 0 Å². The molecular formula is C25H19F3N2O4. The Balaban J connectivity index is 1.39. The number of nitrogens with one attached hydrogen (secondary N) is 1. The Morgan fingerprint density at radius 3 is 2.62 bits per heavy atom. The van der Waals surface area contributed by atoms with Crippen LogP contribution in [-0.4, -0.2) is 10.8 Å². The average Bonchev–Trinajstić information content (AvgIpc) is 3.33. The number of benzene rings is 2. The Labute approximate surface area is 192 Å². The van der Waals surface area contributed by atoms with E-state index in [1.807, 2.05) is 24.3 Å². The number of nitro groups is 1.